The zero-order valence-electron chi connectivity index (χ0n) is 9.16. The Morgan fingerprint density at radius 2 is 2.19 bits per heavy atom. The first kappa shape index (κ1) is 9.28. The number of aryl methyl sites for hydroxylation is 1. The summed E-state index contributed by atoms with van der Waals surface area (Å²) in [6.07, 6.45) is 6.32. The van der Waals surface area contributed by atoms with Gasteiger partial charge in [-0.1, -0.05) is 18.2 Å². The van der Waals surface area contributed by atoms with E-state index in [1.54, 1.807) is 0 Å². The summed E-state index contributed by atoms with van der Waals surface area (Å²) in [5.41, 5.74) is 3.39. The van der Waals surface area contributed by atoms with E-state index in [4.69, 9.17) is 4.42 Å². The molecule has 0 saturated heterocycles. The molecule has 0 bridgehead atoms. The molecule has 1 aliphatic rings. The van der Waals surface area contributed by atoms with Crippen LogP contribution in [0.15, 0.2) is 47.0 Å². The Morgan fingerprint density at radius 1 is 1.25 bits per heavy atom. The first-order valence-electron chi connectivity index (χ1n) is 5.43. The minimum Gasteiger partial charge on any atom is -0.461 e. The lowest BCUT2D eigenvalue weighted by molar-refractivity contribution is 0.578. The van der Waals surface area contributed by atoms with E-state index in [1.165, 1.54) is 11.1 Å². The second kappa shape index (κ2) is 3.56. The lowest BCUT2D eigenvalue weighted by Gasteiger charge is -2.08. The van der Waals surface area contributed by atoms with Crippen LogP contribution in [-0.4, -0.2) is 6.54 Å². The summed E-state index contributed by atoms with van der Waals surface area (Å²) in [6, 6.07) is 8.35. The van der Waals surface area contributed by atoms with Crippen molar-refractivity contribution in [2.45, 2.75) is 6.92 Å². The van der Waals surface area contributed by atoms with Gasteiger partial charge in [-0.25, -0.2) is 0 Å². The second-order valence-electron chi connectivity index (χ2n) is 4.02. The van der Waals surface area contributed by atoms with Gasteiger partial charge in [-0.05, 0) is 36.3 Å². The summed E-state index contributed by atoms with van der Waals surface area (Å²) in [4.78, 5) is 0. The normalized spacial score (nSPS) is 14.9. The van der Waals surface area contributed by atoms with Crippen molar-refractivity contribution in [2.24, 2.45) is 0 Å². The maximum atomic E-state index is 5.56. The van der Waals surface area contributed by atoms with Crippen LogP contribution >= 0.6 is 0 Å². The molecule has 0 unspecified atom stereocenters. The largest absolute Gasteiger partial charge is 0.461 e. The van der Waals surface area contributed by atoms with E-state index < -0.39 is 0 Å². The fourth-order valence-corrected chi connectivity index (χ4v) is 2.01. The summed E-state index contributed by atoms with van der Waals surface area (Å²) in [6.45, 7) is 2.89. The van der Waals surface area contributed by atoms with Gasteiger partial charge in [0.2, 0.25) is 0 Å². The van der Waals surface area contributed by atoms with E-state index >= 15 is 0 Å². The van der Waals surface area contributed by atoms with Gasteiger partial charge in [-0.15, -0.1) is 0 Å². The van der Waals surface area contributed by atoms with Gasteiger partial charge in [0.05, 0.1) is 0 Å². The van der Waals surface area contributed by atoms with Gasteiger partial charge in [0.1, 0.15) is 11.3 Å². The van der Waals surface area contributed by atoms with Crippen LogP contribution in [0.3, 0.4) is 0 Å². The monoisotopic (exact) mass is 211 g/mol. The van der Waals surface area contributed by atoms with E-state index in [-0.39, 0.29) is 0 Å². The van der Waals surface area contributed by atoms with Crippen molar-refractivity contribution in [3.05, 3.63) is 53.9 Å². The third-order valence-electron chi connectivity index (χ3n) is 2.76. The molecular formula is C14H13NO. The van der Waals surface area contributed by atoms with E-state index in [0.29, 0.717) is 0 Å². The molecule has 2 heterocycles. The highest BCUT2D eigenvalue weighted by Crippen LogP contribution is 2.24. The van der Waals surface area contributed by atoms with Crippen molar-refractivity contribution in [1.82, 2.24) is 5.32 Å². The molecule has 0 saturated carbocycles. The van der Waals surface area contributed by atoms with Crippen LogP contribution in [-0.2, 0) is 0 Å². The van der Waals surface area contributed by atoms with Crippen molar-refractivity contribution < 1.29 is 4.42 Å². The highest BCUT2D eigenvalue weighted by molar-refractivity contribution is 5.85. The summed E-state index contributed by atoms with van der Waals surface area (Å²) in [5.74, 6) is 0.957. The summed E-state index contributed by atoms with van der Waals surface area (Å²) < 4.78 is 5.56. The Morgan fingerprint density at radius 3 is 3.00 bits per heavy atom. The first-order valence-corrected chi connectivity index (χ1v) is 5.43. The molecule has 80 valence electrons. The zero-order valence-corrected chi connectivity index (χ0v) is 9.16. The zero-order chi connectivity index (χ0) is 11.0. The molecule has 16 heavy (non-hydrogen) atoms. The molecule has 2 aromatic rings. The van der Waals surface area contributed by atoms with Crippen LogP contribution in [0.4, 0.5) is 0 Å². The molecule has 0 atom stereocenters. The molecule has 1 aromatic heterocycles. The highest BCUT2D eigenvalue weighted by Gasteiger charge is 2.04. The van der Waals surface area contributed by atoms with Gasteiger partial charge >= 0.3 is 0 Å². The summed E-state index contributed by atoms with van der Waals surface area (Å²) >= 11 is 0. The molecule has 0 aliphatic carbocycles. The SMILES string of the molecule is Cc1cc2cc(C3=CNCC=C3)ccc2o1. The third kappa shape index (κ3) is 1.52. The predicted molar refractivity (Wildman–Crippen MR) is 66.1 cm³/mol. The molecule has 0 radical (unpaired) electrons. The number of hydrogen-bond acceptors (Lipinski definition) is 2. The quantitative estimate of drug-likeness (QED) is 0.783. The lowest BCUT2D eigenvalue weighted by Crippen LogP contribution is -2.08. The van der Waals surface area contributed by atoms with Crippen molar-refractivity contribution in [3.8, 4) is 0 Å². The van der Waals surface area contributed by atoms with Gasteiger partial charge in [-0.3, -0.25) is 0 Å². The van der Waals surface area contributed by atoms with E-state index in [1.807, 2.05) is 19.2 Å². The molecule has 1 aromatic carbocycles. The Kier molecular flexibility index (Phi) is 2.07. The molecule has 3 rings (SSSR count). The number of furan rings is 1. The molecule has 2 heteroatoms. The van der Waals surface area contributed by atoms with Crippen LogP contribution in [0.1, 0.15) is 11.3 Å². The standard InChI is InChI=1S/C14H13NO/c1-10-7-13-8-11(4-5-14(13)16-10)12-3-2-6-15-9-12/h2-5,7-9,15H,6H2,1H3. The number of hydrogen-bond donors (Lipinski definition) is 1. The van der Waals surface area contributed by atoms with Crippen LogP contribution < -0.4 is 5.32 Å². The number of dihydropyridines is 1. The molecule has 0 fully saturated rings. The maximum Gasteiger partial charge on any atom is 0.134 e. The van der Waals surface area contributed by atoms with Crippen LogP contribution in [0.5, 0.6) is 0 Å². The molecule has 1 aliphatic heterocycles. The first-order chi connectivity index (χ1) is 7.83. The number of rotatable bonds is 1. The lowest BCUT2D eigenvalue weighted by atomic mass is 10.0. The van der Waals surface area contributed by atoms with E-state index in [2.05, 4.69) is 35.7 Å². The average Bonchev–Trinajstić information content (AvgIpc) is 2.69. The van der Waals surface area contributed by atoms with E-state index in [0.717, 1.165) is 23.3 Å². The second-order valence-corrected chi connectivity index (χ2v) is 4.02. The van der Waals surface area contributed by atoms with E-state index in [9.17, 15) is 0 Å². The van der Waals surface area contributed by atoms with Gasteiger partial charge in [0.15, 0.2) is 0 Å². The minimum atomic E-state index is 0.913. The Bertz CT molecular complexity index is 590. The summed E-state index contributed by atoms with van der Waals surface area (Å²) in [5, 5.41) is 4.38. The van der Waals surface area contributed by atoms with Crippen LogP contribution in [0.2, 0.25) is 0 Å². The van der Waals surface area contributed by atoms with Gasteiger partial charge in [0, 0.05) is 18.1 Å². The van der Waals surface area contributed by atoms with Crippen molar-refractivity contribution >= 4 is 16.5 Å². The Labute approximate surface area is 94.3 Å². The number of benzene rings is 1. The fraction of sp³-hybridized carbons (Fsp3) is 0.143. The molecule has 0 amide bonds. The van der Waals surface area contributed by atoms with Gasteiger partial charge in [-0.2, -0.15) is 0 Å². The van der Waals surface area contributed by atoms with Crippen molar-refractivity contribution in [3.63, 3.8) is 0 Å². The Hall–Kier alpha value is -1.96. The number of allylic oxidation sites excluding steroid dienone is 2. The minimum absolute atomic E-state index is 0.913. The summed E-state index contributed by atoms with van der Waals surface area (Å²) in [7, 11) is 0. The maximum absolute atomic E-state index is 5.56. The molecular weight excluding hydrogens is 198 g/mol. The predicted octanol–water partition coefficient (Wildman–Crippen LogP) is 3.24. The number of nitrogens with one attached hydrogen (secondary N) is 1. The Balaban J connectivity index is 2.10. The highest BCUT2D eigenvalue weighted by atomic mass is 16.3. The topological polar surface area (TPSA) is 25.2 Å². The molecule has 0 spiro atoms. The average molecular weight is 211 g/mol. The molecule has 1 N–H and O–H groups in total. The van der Waals surface area contributed by atoms with Crippen molar-refractivity contribution in [2.75, 3.05) is 6.54 Å². The van der Waals surface area contributed by atoms with Crippen LogP contribution in [0, 0.1) is 6.92 Å². The van der Waals surface area contributed by atoms with Crippen LogP contribution in [0.25, 0.3) is 16.5 Å². The third-order valence-corrected chi connectivity index (χ3v) is 2.76. The molecule has 2 nitrogen and oxygen atoms in total. The number of fused-ring (bicyclic) bond motifs is 1. The van der Waals surface area contributed by atoms with Crippen molar-refractivity contribution in [1.29, 1.82) is 0 Å². The van der Waals surface area contributed by atoms with Gasteiger partial charge in [0.25, 0.3) is 0 Å². The fourth-order valence-electron chi connectivity index (χ4n) is 2.01. The van der Waals surface area contributed by atoms with Gasteiger partial charge < -0.3 is 9.73 Å². The smallest absolute Gasteiger partial charge is 0.134 e.